The molecule has 2 aromatic heterocycles. The SMILES string of the molecule is Cc1nnc(SCC(=O)Nc2ccc(S(N)(=O)=O)cc2)c2nn(-c3ccccc3)c(C)c12. The molecule has 0 radical (unpaired) electrons. The molecule has 0 saturated heterocycles. The number of nitrogens with zero attached hydrogens (tertiary/aromatic N) is 4. The number of hydrogen-bond donors (Lipinski definition) is 2. The van der Waals surface area contributed by atoms with E-state index in [1.165, 1.54) is 36.0 Å². The Morgan fingerprint density at radius 2 is 1.75 bits per heavy atom. The first-order valence-corrected chi connectivity index (χ1v) is 12.1. The van der Waals surface area contributed by atoms with Gasteiger partial charge in [-0.25, -0.2) is 18.2 Å². The molecule has 0 bridgehead atoms. The van der Waals surface area contributed by atoms with Gasteiger partial charge in [-0.05, 0) is 50.2 Å². The molecule has 0 spiro atoms. The second-order valence-corrected chi connectivity index (χ2v) is 9.58. The molecular weight excluding hydrogens is 448 g/mol. The Labute approximate surface area is 189 Å². The van der Waals surface area contributed by atoms with Crippen LogP contribution in [0.2, 0.25) is 0 Å². The highest BCUT2D eigenvalue weighted by atomic mass is 32.2. The van der Waals surface area contributed by atoms with E-state index in [4.69, 9.17) is 10.2 Å². The largest absolute Gasteiger partial charge is 0.325 e. The van der Waals surface area contributed by atoms with Crippen LogP contribution in [0.3, 0.4) is 0 Å². The Balaban J connectivity index is 1.53. The third-order valence-corrected chi connectivity index (χ3v) is 6.66. The molecule has 2 aromatic carbocycles. The number of carbonyl (C=O) groups excluding carboxylic acids is 1. The molecule has 164 valence electrons. The highest BCUT2D eigenvalue weighted by molar-refractivity contribution is 8.00. The highest BCUT2D eigenvalue weighted by Gasteiger charge is 2.18. The molecule has 2 heterocycles. The molecule has 0 aliphatic carbocycles. The Kier molecular flexibility index (Phi) is 5.96. The van der Waals surface area contributed by atoms with Crippen molar-refractivity contribution in [2.75, 3.05) is 11.1 Å². The maximum Gasteiger partial charge on any atom is 0.238 e. The van der Waals surface area contributed by atoms with Crippen LogP contribution < -0.4 is 10.5 Å². The number of thioether (sulfide) groups is 1. The van der Waals surface area contributed by atoms with Crippen molar-refractivity contribution in [2.24, 2.45) is 5.14 Å². The Hall–Kier alpha value is -3.28. The fourth-order valence-corrected chi connectivity index (χ4v) is 4.51. The summed E-state index contributed by atoms with van der Waals surface area (Å²) < 4.78 is 24.5. The summed E-state index contributed by atoms with van der Waals surface area (Å²) in [4.78, 5) is 12.4. The Morgan fingerprint density at radius 3 is 2.41 bits per heavy atom. The van der Waals surface area contributed by atoms with Gasteiger partial charge in [0, 0.05) is 11.1 Å². The van der Waals surface area contributed by atoms with Crippen LogP contribution in [0, 0.1) is 13.8 Å². The van der Waals surface area contributed by atoms with E-state index in [-0.39, 0.29) is 16.6 Å². The first-order valence-electron chi connectivity index (χ1n) is 9.57. The normalized spacial score (nSPS) is 11.6. The van der Waals surface area contributed by atoms with Gasteiger partial charge in [0.2, 0.25) is 15.9 Å². The van der Waals surface area contributed by atoms with Gasteiger partial charge in [0.05, 0.1) is 27.7 Å². The average molecular weight is 469 g/mol. The number of carbonyl (C=O) groups is 1. The number of aromatic nitrogens is 4. The number of sulfonamides is 1. The molecule has 0 unspecified atom stereocenters. The van der Waals surface area contributed by atoms with Crippen LogP contribution in [0.5, 0.6) is 0 Å². The predicted octanol–water partition coefficient (Wildman–Crippen LogP) is 2.81. The van der Waals surface area contributed by atoms with Gasteiger partial charge in [0.15, 0.2) is 0 Å². The van der Waals surface area contributed by atoms with Crippen molar-refractivity contribution < 1.29 is 13.2 Å². The van der Waals surface area contributed by atoms with Crippen LogP contribution in [0.25, 0.3) is 16.6 Å². The number of anilines is 1. The van der Waals surface area contributed by atoms with Gasteiger partial charge in [0.1, 0.15) is 10.5 Å². The minimum absolute atomic E-state index is 0.0217. The van der Waals surface area contributed by atoms with Crippen molar-refractivity contribution in [1.29, 1.82) is 0 Å². The predicted molar refractivity (Wildman–Crippen MR) is 123 cm³/mol. The molecule has 4 rings (SSSR count). The number of benzene rings is 2. The second kappa shape index (κ2) is 8.69. The van der Waals surface area contributed by atoms with Gasteiger partial charge in [0.25, 0.3) is 0 Å². The van der Waals surface area contributed by atoms with Crippen molar-refractivity contribution in [3.05, 3.63) is 66.0 Å². The number of amides is 1. The summed E-state index contributed by atoms with van der Waals surface area (Å²) in [5.74, 6) is -0.186. The zero-order valence-corrected chi connectivity index (χ0v) is 18.9. The van der Waals surface area contributed by atoms with Crippen molar-refractivity contribution >= 4 is 44.3 Å². The van der Waals surface area contributed by atoms with Gasteiger partial charge in [-0.3, -0.25) is 4.79 Å². The topological polar surface area (TPSA) is 133 Å². The van der Waals surface area contributed by atoms with Gasteiger partial charge >= 0.3 is 0 Å². The first-order chi connectivity index (χ1) is 15.2. The number of nitrogens with two attached hydrogens (primary N) is 1. The van der Waals surface area contributed by atoms with Crippen LogP contribution in [-0.2, 0) is 14.8 Å². The number of nitrogens with one attached hydrogen (secondary N) is 1. The van der Waals surface area contributed by atoms with Gasteiger partial charge in [-0.2, -0.15) is 10.2 Å². The summed E-state index contributed by atoms with van der Waals surface area (Å²) in [6.45, 7) is 3.86. The summed E-state index contributed by atoms with van der Waals surface area (Å²) in [6.07, 6.45) is 0. The van der Waals surface area contributed by atoms with E-state index in [1.54, 1.807) is 0 Å². The number of aryl methyl sites for hydroxylation is 2. The van der Waals surface area contributed by atoms with Crippen LogP contribution >= 0.6 is 11.8 Å². The van der Waals surface area contributed by atoms with Crippen LogP contribution in [0.1, 0.15) is 11.4 Å². The lowest BCUT2D eigenvalue weighted by Crippen LogP contribution is -2.15. The molecule has 4 aromatic rings. The third-order valence-electron chi connectivity index (χ3n) is 4.78. The molecule has 9 nitrogen and oxygen atoms in total. The molecule has 0 aliphatic rings. The van der Waals surface area contributed by atoms with Gasteiger partial charge in [-0.15, -0.1) is 5.10 Å². The van der Waals surface area contributed by atoms with E-state index in [2.05, 4.69) is 15.5 Å². The molecule has 11 heteroatoms. The first kappa shape index (κ1) is 21.9. The fourth-order valence-electron chi connectivity index (χ4n) is 3.28. The molecule has 0 saturated carbocycles. The molecule has 0 fully saturated rings. The number of fused-ring (bicyclic) bond motifs is 1. The smallest absolute Gasteiger partial charge is 0.238 e. The third kappa shape index (κ3) is 4.49. The van der Waals surface area contributed by atoms with Crippen molar-refractivity contribution in [3.8, 4) is 5.69 Å². The van der Waals surface area contributed by atoms with E-state index >= 15 is 0 Å². The summed E-state index contributed by atoms with van der Waals surface area (Å²) in [7, 11) is -3.78. The lowest BCUT2D eigenvalue weighted by atomic mass is 10.2. The fraction of sp³-hybridized carbons (Fsp3) is 0.143. The summed E-state index contributed by atoms with van der Waals surface area (Å²) in [5.41, 5.74) is 3.79. The van der Waals surface area contributed by atoms with Crippen molar-refractivity contribution in [3.63, 3.8) is 0 Å². The lowest BCUT2D eigenvalue weighted by Gasteiger charge is -2.06. The lowest BCUT2D eigenvalue weighted by molar-refractivity contribution is -0.113. The van der Waals surface area contributed by atoms with Crippen molar-refractivity contribution in [2.45, 2.75) is 23.8 Å². The Bertz CT molecular complexity index is 1400. The van der Waals surface area contributed by atoms with E-state index in [0.29, 0.717) is 16.2 Å². The number of primary sulfonamides is 1. The number of para-hydroxylation sites is 1. The Morgan fingerprint density at radius 1 is 1.06 bits per heavy atom. The second-order valence-electron chi connectivity index (χ2n) is 7.05. The molecule has 0 atom stereocenters. The number of rotatable bonds is 6. The van der Waals surface area contributed by atoms with Gasteiger partial charge in [-0.1, -0.05) is 30.0 Å². The zero-order valence-electron chi connectivity index (χ0n) is 17.3. The average Bonchev–Trinajstić information content (AvgIpc) is 3.12. The van der Waals surface area contributed by atoms with Crippen LogP contribution in [-0.4, -0.2) is 40.1 Å². The maximum absolute atomic E-state index is 12.4. The van der Waals surface area contributed by atoms with Gasteiger partial charge < -0.3 is 5.32 Å². The molecular formula is C21H20N6O3S2. The summed E-state index contributed by atoms with van der Waals surface area (Å²) in [5, 5.41) is 22.5. The number of hydrogen-bond acceptors (Lipinski definition) is 7. The monoisotopic (exact) mass is 468 g/mol. The molecule has 0 aliphatic heterocycles. The minimum Gasteiger partial charge on any atom is -0.325 e. The summed E-state index contributed by atoms with van der Waals surface area (Å²) in [6, 6.07) is 15.4. The molecule has 3 N–H and O–H groups in total. The minimum atomic E-state index is -3.78. The maximum atomic E-state index is 12.4. The molecule has 1 amide bonds. The van der Waals surface area contributed by atoms with E-state index < -0.39 is 10.0 Å². The van der Waals surface area contributed by atoms with Crippen LogP contribution in [0.4, 0.5) is 5.69 Å². The summed E-state index contributed by atoms with van der Waals surface area (Å²) >= 11 is 1.23. The molecule has 32 heavy (non-hydrogen) atoms. The standard InChI is InChI=1S/C21H20N6O3S2/c1-13-19-14(2)27(16-6-4-3-5-7-16)26-20(19)21(25-24-13)31-12-18(28)23-15-8-10-17(11-9-15)32(22,29)30/h3-11H,12H2,1-2H3,(H,23,28)(H2,22,29,30). The van der Waals surface area contributed by atoms with Crippen molar-refractivity contribution in [1.82, 2.24) is 20.0 Å². The quantitative estimate of drug-likeness (QED) is 0.416. The zero-order chi connectivity index (χ0) is 22.9. The van der Waals surface area contributed by atoms with E-state index in [9.17, 15) is 13.2 Å². The van der Waals surface area contributed by atoms with E-state index in [0.717, 1.165) is 22.5 Å². The van der Waals surface area contributed by atoms with Crippen LogP contribution in [0.15, 0.2) is 64.5 Å². The van der Waals surface area contributed by atoms with E-state index in [1.807, 2.05) is 48.9 Å². The highest BCUT2D eigenvalue weighted by Crippen LogP contribution is 2.29.